The molecule has 0 radical (unpaired) electrons. The van der Waals surface area contributed by atoms with Crippen molar-refractivity contribution in [2.75, 3.05) is 12.0 Å². The first-order valence-electron chi connectivity index (χ1n) is 6.32. The van der Waals surface area contributed by atoms with Crippen LogP contribution in [0.25, 0.3) is 0 Å². The Morgan fingerprint density at radius 3 is 2.61 bits per heavy atom. The Kier molecular flexibility index (Phi) is 10.3. The Bertz CT molecular complexity index is 386. The third kappa shape index (κ3) is 6.57. The monoisotopic (exact) mass is 260 g/mol. The van der Waals surface area contributed by atoms with Crippen LogP contribution in [0.5, 0.6) is 0 Å². The highest BCUT2D eigenvalue weighted by Gasteiger charge is 2.04. The van der Waals surface area contributed by atoms with Crippen LogP contribution < -0.4 is 0 Å². The topological polar surface area (TPSA) is 0 Å². The SMILES string of the molecule is C#CCC(/C(=C/C=C\C)CC)=C(C)\C=C/CSC. The maximum absolute atomic E-state index is 5.49. The Balaban J connectivity index is 5.25. The van der Waals surface area contributed by atoms with Gasteiger partial charge in [-0.25, -0.2) is 0 Å². The first kappa shape index (κ1) is 16.9. The molecular weight excluding hydrogens is 236 g/mol. The zero-order chi connectivity index (χ0) is 13.8. The average molecular weight is 260 g/mol. The minimum Gasteiger partial charge on any atom is -0.161 e. The first-order valence-corrected chi connectivity index (χ1v) is 7.71. The molecule has 0 aromatic heterocycles. The summed E-state index contributed by atoms with van der Waals surface area (Å²) >= 11 is 1.82. The van der Waals surface area contributed by atoms with Gasteiger partial charge in [-0.1, -0.05) is 37.3 Å². The third-order valence-corrected chi connectivity index (χ3v) is 3.17. The molecule has 0 saturated heterocycles. The number of hydrogen-bond donors (Lipinski definition) is 0. The summed E-state index contributed by atoms with van der Waals surface area (Å²) in [5, 5.41) is 0. The molecule has 0 saturated carbocycles. The van der Waals surface area contributed by atoms with Crippen molar-refractivity contribution in [2.24, 2.45) is 0 Å². The van der Waals surface area contributed by atoms with E-state index >= 15 is 0 Å². The van der Waals surface area contributed by atoms with Crippen molar-refractivity contribution >= 4 is 11.8 Å². The standard InChI is InChI=1S/C17H24S/c1-6-9-13-16(8-3)17(11-7-2)15(4)12-10-14-18-5/h2,6,9-10,12-13H,8,11,14H2,1,3-5H3/b9-6-,12-10-,16-13+,17-15+. The maximum Gasteiger partial charge on any atom is 0.0343 e. The van der Waals surface area contributed by atoms with E-state index in [2.05, 4.69) is 50.3 Å². The van der Waals surface area contributed by atoms with E-state index in [9.17, 15) is 0 Å². The van der Waals surface area contributed by atoms with Crippen LogP contribution in [0.1, 0.15) is 33.6 Å². The molecule has 0 aliphatic rings. The second kappa shape index (κ2) is 11.0. The van der Waals surface area contributed by atoms with Gasteiger partial charge in [0.05, 0.1) is 0 Å². The van der Waals surface area contributed by atoms with Crippen molar-refractivity contribution in [1.82, 2.24) is 0 Å². The van der Waals surface area contributed by atoms with Gasteiger partial charge < -0.3 is 0 Å². The highest BCUT2D eigenvalue weighted by atomic mass is 32.2. The Morgan fingerprint density at radius 1 is 1.39 bits per heavy atom. The van der Waals surface area contributed by atoms with E-state index in [0.717, 1.165) is 12.2 Å². The molecule has 0 atom stereocenters. The average Bonchev–Trinajstić information content (AvgIpc) is 2.38. The predicted octanol–water partition coefficient (Wildman–Crippen LogP) is 5.16. The molecule has 98 valence electrons. The number of rotatable bonds is 7. The molecule has 0 nitrogen and oxygen atoms in total. The van der Waals surface area contributed by atoms with Crippen LogP contribution in [-0.2, 0) is 0 Å². The highest BCUT2D eigenvalue weighted by molar-refractivity contribution is 7.98. The molecule has 0 aliphatic carbocycles. The van der Waals surface area contributed by atoms with Crippen LogP contribution >= 0.6 is 11.8 Å². The largest absolute Gasteiger partial charge is 0.161 e. The van der Waals surface area contributed by atoms with Gasteiger partial charge in [0.15, 0.2) is 0 Å². The molecule has 0 N–H and O–H groups in total. The lowest BCUT2D eigenvalue weighted by molar-refractivity contribution is 1.06. The van der Waals surface area contributed by atoms with Crippen LogP contribution in [0, 0.1) is 12.3 Å². The van der Waals surface area contributed by atoms with E-state index in [1.165, 1.54) is 16.7 Å². The molecule has 0 bridgehead atoms. The highest BCUT2D eigenvalue weighted by Crippen LogP contribution is 2.22. The van der Waals surface area contributed by atoms with Crippen molar-refractivity contribution in [1.29, 1.82) is 0 Å². The smallest absolute Gasteiger partial charge is 0.0343 e. The van der Waals surface area contributed by atoms with Crippen molar-refractivity contribution in [2.45, 2.75) is 33.6 Å². The van der Waals surface area contributed by atoms with Gasteiger partial charge in [-0.2, -0.15) is 11.8 Å². The third-order valence-electron chi connectivity index (χ3n) is 2.64. The Morgan fingerprint density at radius 2 is 2.11 bits per heavy atom. The number of allylic oxidation sites excluding steroid dienone is 7. The summed E-state index contributed by atoms with van der Waals surface area (Å²) in [5.41, 5.74) is 3.90. The van der Waals surface area contributed by atoms with E-state index in [1.54, 1.807) is 0 Å². The van der Waals surface area contributed by atoms with Crippen molar-refractivity contribution < 1.29 is 0 Å². The van der Waals surface area contributed by atoms with Gasteiger partial charge in [0.2, 0.25) is 0 Å². The van der Waals surface area contributed by atoms with E-state index < -0.39 is 0 Å². The summed E-state index contributed by atoms with van der Waals surface area (Å²) in [6, 6.07) is 0. The number of terminal acetylenes is 1. The quantitative estimate of drug-likeness (QED) is 0.450. The molecule has 0 heterocycles. The fourth-order valence-corrected chi connectivity index (χ4v) is 1.96. The summed E-state index contributed by atoms with van der Waals surface area (Å²) < 4.78 is 0. The fourth-order valence-electron chi connectivity index (χ4n) is 1.67. The van der Waals surface area contributed by atoms with E-state index in [1.807, 2.05) is 24.8 Å². The fraction of sp³-hybridized carbons (Fsp3) is 0.412. The molecule has 18 heavy (non-hydrogen) atoms. The predicted molar refractivity (Wildman–Crippen MR) is 86.9 cm³/mol. The zero-order valence-corrected chi connectivity index (χ0v) is 12.8. The summed E-state index contributed by atoms with van der Waals surface area (Å²) in [6.45, 7) is 6.34. The van der Waals surface area contributed by atoms with Crippen LogP contribution in [0.3, 0.4) is 0 Å². The van der Waals surface area contributed by atoms with E-state index in [-0.39, 0.29) is 0 Å². The molecule has 0 spiro atoms. The summed E-state index contributed by atoms with van der Waals surface area (Å²) in [5.74, 6) is 3.81. The molecular formula is C17H24S. The first-order chi connectivity index (χ1) is 8.71. The van der Waals surface area contributed by atoms with Crippen LogP contribution in [0.2, 0.25) is 0 Å². The van der Waals surface area contributed by atoms with Gasteiger partial charge in [0, 0.05) is 12.2 Å². The van der Waals surface area contributed by atoms with Gasteiger partial charge >= 0.3 is 0 Å². The van der Waals surface area contributed by atoms with Crippen LogP contribution in [0.4, 0.5) is 0 Å². The second-order valence-electron chi connectivity index (χ2n) is 3.97. The minimum atomic E-state index is 0.701. The maximum atomic E-state index is 5.49. The molecule has 0 rings (SSSR count). The van der Waals surface area contributed by atoms with Gasteiger partial charge in [0.1, 0.15) is 0 Å². The van der Waals surface area contributed by atoms with Gasteiger partial charge in [-0.15, -0.1) is 12.3 Å². The second-order valence-corrected chi connectivity index (χ2v) is 4.88. The van der Waals surface area contributed by atoms with Gasteiger partial charge in [0.25, 0.3) is 0 Å². The van der Waals surface area contributed by atoms with Crippen LogP contribution in [-0.4, -0.2) is 12.0 Å². The van der Waals surface area contributed by atoms with E-state index in [0.29, 0.717) is 6.42 Å². The molecule has 0 unspecified atom stereocenters. The lowest BCUT2D eigenvalue weighted by Crippen LogP contribution is -1.92. The Hall–Kier alpha value is -1.13. The molecule has 0 aliphatic heterocycles. The van der Waals surface area contributed by atoms with Gasteiger partial charge in [-0.05, 0) is 43.2 Å². The molecule has 0 amide bonds. The molecule has 0 aromatic carbocycles. The van der Waals surface area contributed by atoms with Crippen molar-refractivity contribution in [3.63, 3.8) is 0 Å². The zero-order valence-electron chi connectivity index (χ0n) is 12.0. The number of thioether (sulfide) groups is 1. The Labute approximate surface area is 117 Å². The molecule has 0 fully saturated rings. The summed E-state index contributed by atoms with van der Waals surface area (Å²) in [7, 11) is 0. The van der Waals surface area contributed by atoms with Gasteiger partial charge in [-0.3, -0.25) is 0 Å². The lowest BCUT2D eigenvalue weighted by atomic mass is 9.95. The lowest BCUT2D eigenvalue weighted by Gasteiger charge is -2.10. The van der Waals surface area contributed by atoms with Crippen molar-refractivity contribution in [3.05, 3.63) is 47.1 Å². The normalized spacial score (nSPS) is 14.1. The summed E-state index contributed by atoms with van der Waals surface area (Å²) in [4.78, 5) is 0. The number of hydrogen-bond acceptors (Lipinski definition) is 1. The molecule has 0 aromatic rings. The minimum absolute atomic E-state index is 0.701. The van der Waals surface area contributed by atoms with Crippen molar-refractivity contribution in [3.8, 4) is 12.3 Å². The molecule has 1 heteroatoms. The summed E-state index contributed by atoms with van der Waals surface area (Å²) in [6.07, 6.45) is 20.0. The van der Waals surface area contributed by atoms with Crippen LogP contribution in [0.15, 0.2) is 47.1 Å². The van der Waals surface area contributed by atoms with E-state index in [4.69, 9.17) is 6.42 Å².